The lowest BCUT2D eigenvalue weighted by Gasteiger charge is -2.06. The van der Waals surface area contributed by atoms with E-state index in [2.05, 4.69) is 22.1 Å². The number of nitrogens with one attached hydrogen (secondary N) is 1. The number of methoxy groups -OCH3 is 1. The minimum absolute atomic E-state index is 0.687. The van der Waals surface area contributed by atoms with Crippen molar-refractivity contribution >= 4 is 0 Å². The SMILES string of the molecule is CC#CCCNCc1cccnc1OC. The smallest absolute Gasteiger partial charge is 0.217 e. The van der Waals surface area contributed by atoms with Gasteiger partial charge in [-0.2, -0.15) is 0 Å². The van der Waals surface area contributed by atoms with E-state index >= 15 is 0 Å². The topological polar surface area (TPSA) is 34.2 Å². The highest BCUT2D eigenvalue weighted by Gasteiger charge is 2.01. The van der Waals surface area contributed by atoms with Crippen molar-refractivity contribution in [1.29, 1.82) is 0 Å². The Morgan fingerprint density at radius 1 is 1.53 bits per heavy atom. The van der Waals surface area contributed by atoms with Crippen molar-refractivity contribution in [1.82, 2.24) is 10.3 Å². The number of aromatic nitrogens is 1. The summed E-state index contributed by atoms with van der Waals surface area (Å²) in [5.74, 6) is 6.55. The molecule has 0 aromatic carbocycles. The van der Waals surface area contributed by atoms with Crippen molar-refractivity contribution in [3.8, 4) is 17.7 Å². The van der Waals surface area contributed by atoms with Crippen molar-refractivity contribution in [3.63, 3.8) is 0 Å². The minimum atomic E-state index is 0.687. The maximum atomic E-state index is 5.14. The molecule has 0 spiro atoms. The van der Waals surface area contributed by atoms with E-state index in [1.807, 2.05) is 19.1 Å². The molecule has 15 heavy (non-hydrogen) atoms. The van der Waals surface area contributed by atoms with Gasteiger partial charge in [0.05, 0.1) is 7.11 Å². The lowest BCUT2D eigenvalue weighted by atomic mass is 10.2. The van der Waals surface area contributed by atoms with E-state index in [0.29, 0.717) is 5.88 Å². The van der Waals surface area contributed by atoms with Gasteiger partial charge in [-0.3, -0.25) is 0 Å². The second-order valence-corrected chi connectivity index (χ2v) is 3.03. The molecule has 3 nitrogen and oxygen atoms in total. The molecule has 0 bridgehead atoms. The standard InChI is InChI=1S/C12H16N2O/c1-3-4-5-8-13-10-11-7-6-9-14-12(11)15-2/h6-7,9,13H,5,8,10H2,1-2H3. The third-order valence-corrected chi connectivity index (χ3v) is 1.96. The second-order valence-electron chi connectivity index (χ2n) is 3.03. The molecule has 0 unspecified atom stereocenters. The van der Waals surface area contributed by atoms with Gasteiger partial charge in [-0.1, -0.05) is 6.07 Å². The zero-order chi connectivity index (χ0) is 10.9. The number of hydrogen-bond acceptors (Lipinski definition) is 3. The largest absolute Gasteiger partial charge is 0.481 e. The third kappa shape index (κ3) is 4.01. The summed E-state index contributed by atoms with van der Waals surface area (Å²) >= 11 is 0. The molecule has 1 aromatic heterocycles. The summed E-state index contributed by atoms with van der Waals surface area (Å²) in [5, 5.41) is 3.29. The summed E-state index contributed by atoms with van der Waals surface area (Å²) in [7, 11) is 1.63. The first-order chi connectivity index (χ1) is 7.38. The molecule has 1 N–H and O–H groups in total. The van der Waals surface area contributed by atoms with Crippen molar-refractivity contribution in [2.45, 2.75) is 19.9 Å². The molecule has 0 aliphatic heterocycles. The molecule has 0 atom stereocenters. The van der Waals surface area contributed by atoms with E-state index in [1.54, 1.807) is 13.3 Å². The quantitative estimate of drug-likeness (QED) is 0.584. The lowest BCUT2D eigenvalue weighted by Crippen LogP contribution is -2.15. The highest BCUT2D eigenvalue weighted by atomic mass is 16.5. The molecule has 0 saturated carbocycles. The van der Waals surface area contributed by atoms with Crippen LogP contribution in [0.1, 0.15) is 18.9 Å². The summed E-state index contributed by atoms with van der Waals surface area (Å²) < 4.78 is 5.14. The van der Waals surface area contributed by atoms with Crippen molar-refractivity contribution in [2.24, 2.45) is 0 Å². The van der Waals surface area contributed by atoms with E-state index in [9.17, 15) is 0 Å². The molecular weight excluding hydrogens is 188 g/mol. The Balaban J connectivity index is 2.38. The number of nitrogens with zero attached hydrogens (tertiary/aromatic N) is 1. The molecule has 0 saturated heterocycles. The Morgan fingerprint density at radius 3 is 3.13 bits per heavy atom. The predicted octanol–water partition coefficient (Wildman–Crippen LogP) is 1.59. The van der Waals surface area contributed by atoms with Crippen LogP contribution >= 0.6 is 0 Å². The van der Waals surface area contributed by atoms with E-state index in [0.717, 1.165) is 25.1 Å². The normalized spacial score (nSPS) is 9.20. The highest BCUT2D eigenvalue weighted by Crippen LogP contribution is 2.12. The Labute approximate surface area is 90.9 Å². The Bertz CT molecular complexity index is 352. The van der Waals surface area contributed by atoms with Crippen LogP contribution in [0.5, 0.6) is 5.88 Å². The van der Waals surface area contributed by atoms with Gasteiger partial charge < -0.3 is 10.1 Å². The van der Waals surface area contributed by atoms with Gasteiger partial charge >= 0.3 is 0 Å². The Kier molecular flexibility index (Phi) is 5.28. The fraction of sp³-hybridized carbons (Fsp3) is 0.417. The van der Waals surface area contributed by atoms with E-state index in [4.69, 9.17) is 4.74 Å². The average molecular weight is 204 g/mol. The van der Waals surface area contributed by atoms with Crippen LogP contribution < -0.4 is 10.1 Å². The highest BCUT2D eigenvalue weighted by molar-refractivity contribution is 5.24. The molecular formula is C12H16N2O. The number of hydrogen-bond donors (Lipinski definition) is 1. The van der Waals surface area contributed by atoms with Crippen LogP contribution in [0.25, 0.3) is 0 Å². The summed E-state index contributed by atoms with van der Waals surface area (Å²) in [5.41, 5.74) is 1.07. The van der Waals surface area contributed by atoms with Gasteiger partial charge in [0.2, 0.25) is 5.88 Å². The van der Waals surface area contributed by atoms with Gasteiger partial charge in [-0.15, -0.1) is 11.8 Å². The molecule has 1 aromatic rings. The number of ether oxygens (including phenoxy) is 1. The molecule has 80 valence electrons. The first-order valence-electron chi connectivity index (χ1n) is 4.96. The van der Waals surface area contributed by atoms with Gasteiger partial charge in [0.1, 0.15) is 0 Å². The van der Waals surface area contributed by atoms with Gasteiger partial charge in [-0.05, 0) is 13.0 Å². The fourth-order valence-electron chi connectivity index (χ4n) is 1.24. The first-order valence-corrected chi connectivity index (χ1v) is 4.96. The van der Waals surface area contributed by atoms with Crippen LogP contribution in [0.2, 0.25) is 0 Å². The van der Waals surface area contributed by atoms with Crippen molar-refractivity contribution < 1.29 is 4.74 Å². The summed E-state index contributed by atoms with van der Waals surface area (Å²) in [6.07, 6.45) is 2.60. The molecule has 3 heteroatoms. The summed E-state index contributed by atoms with van der Waals surface area (Å²) in [6.45, 7) is 3.51. The molecule has 1 rings (SSSR count). The predicted molar refractivity (Wildman–Crippen MR) is 60.6 cm³/mol. The van der Waals surface area contributed by atoms with Crippen LogP contribution in [0.15, 0.2) is 18.3 Å². The number of rotatable bonds is 5. The second kappa shape index (κ2) is 6.86. The van der Waals surface area contributed by atoms with Crippen LogP contribution in [0.3, 0.4) is 0 Å². The third-order valence-electron chi connectivity index (χ3n) is 1.96. The average Bonchev–Trinajstić information content (AvgIpc) is 2.29. The van der Waals surface area contributed by atoms with Gasteiger partial charge in [0.15, 0.2) is 0 Å². The summed E-state index contributed by atoms with van der Waals surface area (Å²) in [4.78, 5) is 4.12. The van der Waals surface area contributed by atoms with Crippen molar-refractivity contribution in [3.05, 3.63) is 23.9 Å². The lowest BCUT2D eigenvalue weighted by molar-refractivity contribution is 0.390. The van der Waals surface area contributed by atoms with Crippen LogP contribution in [-0.4, -0.2) is 18.6 Å². The Hall–Kier alpha value is -1.53. The molecule has 0 aliphatic carbocycles. The van der Waals surface area contributed by atoms with Crippen molar-refractivity contribution in [2.75, 3.05) is 13.7 Å². The van der Waals surface area contributed by atoms with Crippen LogP contribution in [-0.2, 0) is 6.54 Å². The zero-order valence-corrected chi connectivity index (χ0v) is 9.21. The fourth-order valence-corrected chi connectivity index (χ4v) is 1.24. The molecule has 0 fully saturated rings. The first kappa shape index (κ1) is 11.5. The van der Waals surface area contributed by atoms with Crippen LogP contribution in [0, 0.1) is 11.8 Å². The summed E-state index contributed by atoms with van der Waals surface area (Å²) in [6, 6.07) is 3.91. The molecule has 1 heterocycles. The monoisotopic (exact) mass is 204 g/mol. The maximum Gasteiger partial charge on any atom is 0.217 e. The van der Waals surface area contributed by atoms with Gasteiger partial charge in [-0.25, -0.2) is 4.98 Å². The van der Waals surface area contributed by atoms with Gasteiger partial charge in [0.25, 0.3) is 0 Å². The van der Waals surface area contributed by atoms with E-state index < -0.39 is 0 Å². The minimum Gasteiger partial charge on any atom is -0.481 e. The number of pyridine rings is 1. The van der Waals surface area contributed by atoms with Crippen LogP contribution in [0.4, 0.5) is 0 Å². The maximum absolute atomic E-state index is 5.14. The molecule has 0 aliphatic rings. The molecule has 0 radical (unpaired) electrons. The van der Waals surface area contributed by atoms with E-state index in [-0.39, 0.29) is 0 Å². The molecule has 0 amide bonds. The Morgan fingerprint density at radius 2 is 2.40 bits per heavy atom. The van der Waals surface area contributed by atoms with E-state index in [1.165, 1.54) is 0 Å². The zero-order valence-electron chi connectivity index (χ0n) is 9.21. The van der Waals surface area contributed by atoms with Gasteiger partial charge in [0, 0.05) is 31.3 Å².